The summed E-state index contributed by atoms with van der Waals surface area (Å²) in [4.78, 5) is 38.8. The number of hydrogen-bond donors (Lipinski definition) is 2. The Morgan fingerprint density at radius 2 is 1.75 bits per heavy atom. The zero-order valence-electron chi connectivity index (χ0n) is 19.0. The number of benzene rings is 1. The largest absolute Gasteiger partial charge is 0.388 e. The summed E-state index contributed by atoms with van der Waals surface area (Å²) >= 11 is 0. The number of aliphatic hydroxyl groups excluding tert-OH is 1. The SMILES string of the molecule is Cn1cc(C(O)C2CCN(C(=O)NC3CC(C)(c4ccccc4)C3)CC2)c(=O)n(C)c1=O. The first-order chi connectivity index (χ1) is 15.2. The standard InChI is InChI=1S/C24H32N4O4/c1-24(17-7-5-4-6-8-17)13-18(14-24)25-22(31)28-11-9-16(10-12-28)20(29)19-15-26(2)23(32)27(3)21(19)30/h4-8,15-16,18,20,29H,9-14H2,1-3H3,(H,25,31). The molecule has 8 nitrogen and oxygen atoms in total. The molecule has 2 amide bonds. The van der Waals surface area contributed by atoms with E-state index >= 15 is 0 Å². The van der Waals surface area contributed by atoms with Crippen molar-refractivity contribution >= 4 is 6.03 Å². The van der Waals surface area contributed by atoms with Crippen LogP contribution in [-0.4, -0.2) is 44.3 Å². The summed E-state index contributed by atoms with van der Waals surface area (Å²) in [5.41, 5.74) is 0.763. The van der Waals surface area contributed by atoms with Gasteiger partial charge in [0.05, 0.1) is 11.7 Å². The third-order valence-electron chi connectivity index (χ3n) is 7.26. The summed E-state index contributed by atoms with van der Waals surface area (Å²) in [6.07, 6.45) is 3.53. The van der Waals surface area contributed by atoms with Gasteiger partial charge in [-0.2, -0.15) is 0 Å². The average Bonchev–Trinajstić information content (AvgIpc) is 2.79. The van der Waals surface area contributed by atoms with Gasteiger partial charge in [-0.15, -0.1) is 0 Å². The second kappa shape index (κ2) is 8.58. The topological polar surface area (TPSA) is 96.6 Å². The number of piperidine rings is 1. The summed E-state index contributed by atoms with van der Waals surface area (Å²) < 4.78 is 2.33. The maximum Gasteiger partial charge on any atom is 0.330 e. The van der Waals surface area contributed by atoms with E-state index in [2.05, 4.69) is 36.5 Å². The Labute approximate surface area is 187 Å². The van der Waals surface area contributed by atoms with Crippen LogP contribution in [0.15, 0.2) is 46.1 Å². The van der Waals surface area contributed by atoms with Crippen LogP contribution in [0.25, 0.3) is 0 Å². The van der Waals surface area contributed by atoms with Crippen molar-refractivity contribution in [3.05, 3.63) is 68.5 Å². The molecular formula is C24H32N4O4. The number of aromatic nitrogens is 2. The molecule has 1 aliphatic carbocycles. The van der Waals surface area contributed by atoms with Crippen molar-refractivity contribution in [3.8, 4) is 0 Å². The first kappa shape index (κ1) is 22.3. The number of urea groups is 1. The van der Waals surface area contributed by atoms with E-state index in [-0.39, 0.29) is 29.0 Å². The van der Waals surface area contributed by atoms with E-state index in [1.54, 1.807) is 11.9 Å². The Bertz CT molecular complexity index is 1090. The average molecular weight is 441 g/mol. The minimum atomic E-state index is -0.955. The smallest absolute Gasteiger partial charge is 0.330 e. The van der Waals surface area contributed by atoms with Crippen LogP contribution in [0.1, 0.15) is 49.8 Å². The Balaban J connectivity index is 1.30. The van der Waals surface area contributed by atoms with E-state index in [9.17, 15) is 19.5 Å². The van der Waals surface area contributed by atoms with Gasteiger partial charge in [0.1, 0.15) is 0 Å². The fourth-order valence-electron chi connectivity index (χ4n) is 5.18. The zero-order chi connectivity index (χ0) is 23.0. The van der Waals surface area contributed by atoms with Crippen molar-refractivity contribution in [2.24, 2.45) is 20.0 Å². The second-order valence-electron chi connectivity index (χ2n) is 9.59. The molecule has 1 aromatic heterocycles. The summed E-state index contributed by atoms with van der Waals surface area (Å²) in [7, 11) is 2.98. The van der Waals surface area contributed by atoms with Gasteiger partial charge in [0.15, 0.2) is 0 Å². The van der Waals surface area contributed by atoms with Crippen LogP contribution in [0.4, 0.5) is 4.79 Å². The van der Waals surface area contributed by atoms with Gasteiger partial charge in [-0.05, 0) is 42.6 Å². The molecule has 1 saturated carbocycles. The van der Waals surface area contributed by atoms with Crippen LogP contribution in [0, 0.1) is 5.92 Å². The highest BCUT2D eigenvalue weighted by atomic mass is 16.3. The van der Waals surface area contributed by atoms with Crippen LogP contribution >= 0.6 is 0 Å². The maximum atomic E-state index is 12.7. The monoisotopic (exact) mass is 440 g/mol. The number of likely N-dealkylation sites (tertiary alicyclic amines) is 1. The van der Waals surface area contributed by atoms with E-state index in [1.807, 2.05) is 6.07 Å². The maximum absolute atomic E-state index is 12.7. The highest BCUT2D eigenvalue weighted by molar-refractivity contribution is 5.74. The number of rotatable bonds is 4. The molecule has 2 aliphatic rings. The lowest BCUT2D eigenvalue weighted by Gasteiger charge is -2.46. The van der Waals surface area contributed by atoms with Gasteiger partial charge in [-0.1, -0.05) is 37.3 Å². The Hall–Kier alpha value is -2.87. The van der Waals surface area contributed by atoms with Crippen molar-refractivity contribution in [2.75, 3.05) is 13.1 Å². The van der Waals surface area contributed by atoms with Crippen LogP contribution < -0.4 is 16.6 Å². The summed E-state index contributed by atoms with van der Waals surface area (Å²) in [5, 5.41) is 14.0. The molecule has 1 saturated heterocycles. The molecule has 1 aliphatic heterocycles. The molecule has 2 aromatic rings. The predicted molar refractivity (Wildman–Crippen MR) is 122 cm³/mol. The lowest BCUT2D eigenvalue weighted by molar-refractivity contribution is 0.0628. The summed E-state index contributed by atoms with van der Waals surface area (Å²) in [6, 6.07) is 10.5. The molecule has 0 bridgehead atoms. The molecule has 1 aromatic carbocycles. The first-order valence-corrected chi connectivity index (χ1v) is 11.3. The molecule has 2 heterocycles. The van der Waals surface area contributed by atoms with E-state index in [0.29, 0.717) is 25.9 Å². The number of aliphatic hydroxyl groups is 1. The lowest BCUT2D eigenvalue weighted by atomic mass is 9.63. The molecule has 4 rings (SSSR count). The third kappa shape index (κ3) is 4.11. The Morgan fingerprint density at radius 3 is 2.38 bits per heavy atom. The summed E-state index contributed by atoms with van der Waals surface area (Å²) in [5.74, 6) is -0.130. The van der Waals surface area contributed by atoms with Crippen molar-refractivity contribution in [1.29, 1.82) is 0 Å². The third-order valence-corrected chi connectivity index (χ3v) is 7.26. The predicted octanol–water partition coefficient (Wildman–Crippen LogP) is 1.66. The number of hydrogen-bond acceptors (Lipinski definition) is 4. The lowest BCUT2D eigenvalue weighted by Crippen LogP contribution is -2.55. The fraction of sp³-hybridized carbons (Fsp3) is 0.542. The van der Waals surface area contributed by atoms with Crippen LogP contribution in [0.3, 0.4) is 0 Å². The van der Waals surface area contributed by atoms with E-state index in [0.717, 1.165) is 17.4 Å². The molecule has 1 unspecified atom stereocenters. The number of nitrogens with zero attached hydrogens (tertiary/aromatic N) is 3. The number of amides is 2. The summed E-state index contributed by atoms with van der Waals surface area (Å²) in [6.45, 7) is 3.30. The van der Waals surface area contributed by atoms with E-state index < -0.39 is 17.4 Å². The zero-order valence-corrected chi connectivity index (χ0v) is 19.0. The van der Waals surface area contributed by atoms with Crippen LogP contribution in [0.2, 0.25) is 0 Å². The molecule has 172 valence electrons. The van der Waals surface area contributed by atoms with Crippen molar-refractivity contribution < 1.29 is 9.90 Å². The molecule has 2 N–H and O–H groups in total. The van der Waals surface area contributed by atoms with Gasteiger partial charge in [0, 0.05) is 39.4 Å². The molecular weight excluding hydrogens is 408 g/mol. The van der Waals surface area contributed by atoms with E-state index in [1.165, 1.54) is 23.4 Å². The van der Waals surface area contributed by atoms with Crippen molar-refractivity contribution in [2.45, 2.75) is 50.2 Å². The van der Waals surface area contributed by atoms with Gasteiger partial charge >= 0.3 is 11.7 Å². The fourth-order valence-corrected chi connectivity index (χ4v) is 5.18. The van der Waals surface area contributed by atoms with Crippen molar-refractivity contribution in [1.82, 2.24) is 19.4 Å². The molecule has 8 heteroatoms. The second-order valence-corrected chi connectivity index (χ2v) is 9.59. The van der Waals surface area contributed by atoms with Gasteiger partial charge in [0.2, 0.25) is 0 Å². The number of carbonyl (C=O) groups excluding carboxylic acids is 1. The molecule has 0 spiro atoms. The van der Waals surface area contributed by atoms with Gasteiger partial charge in [-0.3, -0.25) is 9.36 Å². The Kier molecular flexibility index (Phi) is 5.99. The van der Waals surface area contributed by atoms with Crippen molar-refractivity contribution in [3.63, 3.8) is 0 Å². The molecule has 0 radical (unpaired) electrons. The number of nitrogens with one attached hydrogen (secondary N) is 1. The highest BCUT2D eigenvalue weighted by Crippen LogP contribution is 2.43. The molecule has 32 heavy (non-hydrogen) atoms. The number of carbonyl (C=O) groups is 1. The van der Waals surface area contributed by atoms with Gasteiger partial charge in [-0.25, -0.2) is 9.59 Å². The van der Waals surface area contributed by atoms with Gasteiger partial charge < -0.3 is 19.9 Å². The molecule has 1 atom stereocenters. The minimum absolute atomic E-state index is 0.0592. The molecule has 2 fully saturated rings. The van der Waals surface area contributed by atoms with Crippen LogP contribution in [0.5, 0.6) is 0 Å². The van der Waals surface area contributed by atoms with Crippen LogP contribution in [-0.2, 0) is 19.5 Å². The number of aryl methyl sites for hydroxylation is 1. The minimum Gasteiger partial charge on any atom is -0.388 e. The Morgan fingerprint density at radius 1 is 1.12 bits per heavy atom. The van der Waals surface area contributed by atoms with E-state index in [4.69, 9.17) is 0 Å². The normalized spacial score (nSPS) is 24.6. The quantitative estimate of drug-likeness (QED) is 0.756. The first-order valence-electron chi connectivity index (χ1n) is 11.3. The van der Waals surface area contributed by atoms with Gasteiger partial charge in [0.25, 0.3) is 5.56 Å². The highest BCUT2D eigenvalue weighted by Gasteiger charge is 2.42.